The summed E-state index contributed by atoms with van der Waals surface area (Å²) in [5.74, 6) is 1.67. The summed E-state index contributed by atoms with van der Waals surface area (Å²) >= 11 is 0. The van der Waals surface area contributed by atoms with Gasteiger partial charge in [0.2, 0.25) is 0 Å². The van der Waals surface area contributed by atoms with Crippen molar-refractivity contribution in [3.63, 3.8) is 0 Å². The molecule has 0 spiro atoms. The topological polar surface area (TPSA) is 66.8 Å². The zero-order valence-corrected chi connectivity index (χ0v) is 10.5. The Labute approximate surface area is 101 Å². The molecule has 1 saturated heterocycles. The zero-order valence-electron chi connectivity index (χ0n) is 10.5. The van der Waals surface area contributed by atoms with E-state index < -0.39 is 23.8 Å². The van der Waals surface area contributed by atoms with Gasteiger partial charge in [0, 0.05) is 12.6 Å². The molecule has 0 saturated carbocycles. The van der Waals surface area contributed by atoms with Crippen LogP contribution in [0.2, 0.25) is 0 Å². The molecule has 1 rings (SSSR count). The zero-order chi connectivity index (χ0) is 13.1. The number of hydrogen-bond donors (Lipinski definition) is 1. The molecule has 0 radical (unpaired) electrons. The maximum atomic E-state index is 11.9. The second-order valence-corrected chi connectivity index (χ2v) is 5.20. The smallest absolute Gasteiger partial charge is 0.410 e. The van der Waals surface area contributed by atoms with Gasteiger partial charge in [0.1, 0.15) is 11.5 Å². The van der Waals surface area contributed by atoms with E-state index in [-0.39, 0.29) is 0 Å². The average Bonchev–Trinajstić information content (AvgIpc) is 2.15. The van der Waals surface area contributed by atoms with Crippen molar-refractivity contribution in [3.05, 3.63) is 6.08 Å². The number of aliphatic hydroxyl groups excluding tert-OH is 1. The number of ether oxygens (including phenoxy) is 1. The fraction of sp³-hybridized carbons (Fsp3) is 0.750. The number of rotatable bonds is 1. The Morgan fingerprint density at radius 1 is 1.53 bits per heavy atom. The minimum atomic E-state index is -0.567. The molecule has 5 nitrogen and oxygen atoms in total. The van der Waals surface area contributed by atoms with Crippen LogP contribution in [0.25, 0.3) is 0 Å². The first-order valence-electron chi connectivity index (χ1n) is 5.72. The molecule has 1 heterocycles. The summed E-state index contributed by atoms with van der Waals surface area (Å²) in [4.78, 5) is 23.7. The van der Waals surface area contributed by atoms with Gasteiger partial charge >= 0.3 is 6.09 Å². The summed E-state index contributed by atoms with van der Waals surface area (Å²) in [5.41, 5.74) is -0.567. The van der Waals surface area contributed by atoms with Crippen LogP contribution in [0.1, 0.15) is 33.6 Å². The van der Waals surface area contributed by atoms with E-state index in [1.165, 1.54) is 11.0 Å². The Balaban J connectivity index is 2.73. The summed E-state index contributed by atoms with van der Waals surface area (Å²) in [7, 11) is 0. The highest BCUT2D eigenvalue weighted by Crippen LogP contribution is 2.21. The lowest BCUT2D eigenvalue weighted by Gasteiger charge is -2.36. The van der Waals surface area contributed by atoms with E-state index >= 15 is 0 Å². The van der Waals surface area contributed by atoms with Crippen LogP contribution in [0, 0.1) is 0 Å². The van der Waals surface area contributed by atoms with Gasteiger partial charge in [-0.05, 0) is 33.6 Å². The Morgan fingerprint density at radius 2 is 2.18 bits per heavy atom. The molecule has 1 amide bonds. The molecule has 0 aromatic rings. The molecule has 2 unspecified atom stereocenters. The van der Waals surface area contributed by atoms with Crippen LogP contribution in [0.15, 0.2) is 6.08 Å². The van der Waals surface area contributed by atoms with E-state index in [1.54, 1.807) is 26.7 Å². The van der Waals surface area contributed by atoms with Gasteiger partial charge in [0.05, 0.1) is 12.1 Å². The molecule has 0 aromatic heterocycles. The lowest BCUT2D eigenvalue weighted by molar-refractivity contribution is -0.0000230. The van der Waals surface area contributed by atoms with Crippen molar-refractivity contribution < 1.29 is 19.4 Å². The van der Waals surface area contributed by atoms with Gasteiger partial charge in [0.25, 0.3) is 0 Å². The van der Waals surface area contributed by atoms with E-state index in [0.717, 1.165) is 0 Å². The first-order valence-corrected chi connectivity index (χ1v) is 5.72. The Kier molecular flexibility index (Phi) is 4.32. The number of aliphatic hydroxyl groups is 1. The predicted octanol–water partition coefficient (Wildman–Crippen LogP) is 1.13. The molecular weight excluding hydrogens is 222 g/mol. The number of carbonyl (C=O) groups excluding carboxylic acids is 2. The summed E-state index contributed by atoms with van der Waals surface area (Å²) in [6.07, 6.45) is 1.17. The normalized spacial score (nSPS) is 25.1. The lowest BCUT2D eigenvalue weighted by Crippen LogP contribution is -2.48. The molecule has 17 heavy (non-hydrogen) atoms. The van der Waals surface area contributed by atoms with E-state index in [1.807, 2.05) is 0 Å². The third-order valence-electron chi connectivity index (χ3n) is 2.51. The predicted molar refractivity (Wildman–Crippen MR) is 62.2 cm³/mol. The number of amides is 1. The second-order valence-electron chi connectivity index (χ2n) is 5.20. The van der Waals surface area contributed by atoms with Gasteiger partial charge in [0.15, 0.2) is 0 Å². The lowest BCUT2D eigenvalue weighted by atomic mass is 10.00. The van der Waals surface area contributed by atoms with Crippen LogP contribution in [0.3, 0.4) is 0 Å². The van der Waals surface area contributed by atoms with Crippen molar-refractivity contribution in [2.24, 2.45) is 0 Å². The molecule has 0 aromatic carbocycles. The van der Waals surface area contributed by atoms with Crippen LogP contribution in [-0.2, 0) is 9.53 Å². The van der Waals surface area contributed by atoms with Crippen LogP contribution in [0.4, 0.5) is 4.79 Å². The van der Waals surface area contributed by atoms with E-state index in [0.29, 0.717) is 19.4 Å². The Bertz CT molecular complexity index is 328. The maximum absolute atomic E-state index is 11.9. The van der Waals surface area contributed by atoms with Gasteiger partial charge in [-0.15, -0.1) is 0 Å². The molecule has 2 atom stereocenters. The van der Waals surface area contributed by atoms with Crippen molar-refractivity contribution in [2.75, 3.05) is 6.54 Å². The monoisotopic (exact) mass is 241 g/mol. The molecule has 5 heteroatoms. The highest BCUT2D eigenvalue weighted by molar-refractivity contribution is 5.69. The molecule has 1 aliphatic heterocycles. The third-order valence-corrected chi connectivity index (χ3v) is 2.51. The highest BCUT2D eigenvalue weighted by atomic mass is 16.6. The van der Waals surface area contributed by atoms with E-state index in [4.69, 9.17) is 4.74 Å². The van der Waals surface area contributed by atoms with Crippen LogP contribution >= 0.6 is 0 Å². The number of nitrogens with zero attached hydrogens (tertiary/aromatic N) is 1. The van der Waals surface area contributed by atoms with Crippen LogP contribution < -0.4 is 0 Å². The number of hydrogen-bond acceptors (Lipinski definition) is 4. The summed E-state index contributed by atoms with van der Waals surface area (Å²) in [6.45, 7) is 5.75. The van der Waals surface area contributed by atoms with Crippen LogP contribution in [-0.4, -0.2) is 46.3 Å². The number of carbonyl (C=O) groups is 1. The summed E-state index contributed by atoms with van der Waals surface area (Å²) in [6, 6.07) is -0.425. The van der Waals surface area contributed by atoms with Crippen molar-refractivity contribution in [1.29, 1.82) is 0 Å². The van der Waals surface area contributed by atoms with Crippen LogP contribution in [0.5, 0.6) is 0 Å². The minimum Gasteiger partial charge on any atom is -0.444 e. The third kappa shape index (κ3) is 4.21. The average molecular weight is 241 g/mol. The minimum absolute atomic E-state index is 0.356. The standard InChI is InChI=1S/C12H19NO4/c1-12(2,3)17-11(16)13-6-4-10(15)8-9(13)5-7-14/h5,9-10,15H,4,6,8H2,1-3H3. The number of likely N-dealkylation sites (tertiary alicyclic amines) is 1. The SMILES string of the molecule is CC(C)(C)OC(=O)N1CCC(O)CC1C=C=O. The van der Waals surface area contributed by atoms with Gasteiger partial charge < -0.3 is 14.7 Å². The summed E-state index contributed by atoms with van der Waals surface area (Å²) in [5, 5.41) is 9.51. The Morgan fingerprint density at radius 3 is 2.71 bits per heavy atom. The molecule has 1 aliphatic rings. The Hall–Kier alpha value is -1.32. The van der Waals surface area contributed by atoms with Gasteiger partial charge in [-0.3, -0.25) is 0 Å². The molecule has 96 valence electrons. The van der Waals surface area contributed by atoms with Crippen molar-refractivity contribution in [1.82, 2.24) is 4.90 Å². The fourth-order valence-electron chi connectivity index (χ4n) is 1.76. The molecule has 0 bridgehead atoms. The largest absolute Gasteiger partial charge is 0.444 e. The van der Waals surface area contributed by atoms with E-state index in [2.05, 4.69) is 0 Å². The van der Waals surface area contributed by atoms with Crippen molar-refractivity contribution in [3.8, 4) is 0 Å². The quantitative estimate of drug-likeness (QED) is 0.699. The molecule has 1 fully saturated rings. The fourth-order valence-corrected chi connectivity index (χ4v) is 1.76. The van der Waals surface area contributed by atoms with Crippen molar-refractivity contribution >= 4 is 12.0 Å². The van der Waals surface area contributed by atoms with Gasteiger partial charge in [-0.2, -0.15) is 0 Å². The first-order chi connectivity index (χ1) is 7.83. The van der Waals surface area contributed by atoms with Gasteiger partial charge in [-0.1, -0.05) is 0 Å². The molecule has 0 aliphatic carbocycles. The second kappa shape index (κ2) is 5.34. The highest BCUT2D eigenvalue weighted by Gasteiger charge is 2.32. The number of piperidine rings is 1. The van der Waals surface area contributed by atoms with Gasteiger partial charge in [-0.25, -0.2) is 9.59 Å². The first kappa shape index (κ1) is 13.7. The van der Waals surface area contributed by atoms with Crippen molar-refractivity contribution in [2.45, 2.75) is 51.4 Å². The van der Waals surface area contributed by atoms with E-state index in [9.17, 15) is 14.7 Å². The summed E-state index contributed by atoms with van der Waals surface area (Å²) < 4.78 is 5.24. The molecular formula is C12H19NO4. The molecule has 1 N–H and O–H groups in total. The maximum Gasteiger partial charge on any atom is 0.410 e.